The molecule has 0 aliphatic carbocycles. The molecule has 1 aliphatic heterocycles. The van der Waals surface area contributed by atoms with Crippen molar-refractivity contribution >= 4 is 5.69 Å². The molecule has 1 N–H and O–H groups in total. The van der Waals surface area contributed by atoms with Gasteiger partial charge in [0.25, 0.3) is 0 Å². The first-order valence-electron chi connectivity index (χ1n) is 7.69. The minimum Gasteiger partial charge on any atom is -0.385 e. The molecule has 1 atom stereocenters. The summed E-state index contributed by atoms with van der Waals surface area (Å²) in [6.45, 7) is 5.78. The molecule has 1 heterocycles. The topological polar surface area (TPSA) is 12.0 Å². The summed E-state index contributed by atoms with van der Waals surface area (Å²) in [7, 11) is 0. The molecule has 0 aromatic heterocycles. The Hall–Kier alpha value is -0.980. The predicted molar refractivity (Wildman–Crippen MR) is 80.3 cm³/mol. The average Bonchev–Trinajstić information content (AvgIpc) is 2.43. The van der Waals surface area contributed by atoms with Crippen LogP contribution in [0.5, 0.6) is 0 Å². The molecule has 100 valence electrons. The summed E-state index contributed by atoms with van der Waals surface area (Å²) in [6, 6.07) is 6.81. The Morgan fingerprint density at radius 2 is 2.17 bits per heavy atom. The van der Waals surface area contributed by atoms with Gasteiger partial charge >= 0.3 is 0 Å². The first-order valence-corrected chi connectivity index (χ1v) is 7.69. The minimum absolute atomic E-state index is 0.873. The summed E-state index contributed by atoms with van der Waals surface area (Å²) >= 11 is 0. The van der Waals surface area contributed by atoms with Crippen LogP contribution in [-0.2, 0) is 12.8 Å². The Balaban J connectivity index is 2.08. The Bertz CT molecular complexity index is 370. The summed E-state index contributed by atoms with van der Waals surface area (Å²) in [5.41, 5.74) is 4.59. The van der Waals surface area contributed by atoms with E-state index in [0.717, 1.165) is 12.5 Å². The highest BCUT2D eigenvalue weighted by molar-refractivity contribution is 5.56. The molecule has 1 heteroatoms. The predicted octanol–water partition coefficient (Wildman–Crippen LogP) is 4.80. The molecule has 1 unspecified atom stereocenters. The Morgan fingerprint density at radius 3 is 2.94 bits per heavy atom. The van der Waals surface area contributed by atoms with Crippen molar-refractivity contribution in [2.24, 2.45) is 5.92 Å². The minimum atomic E-state index is 0.873. The molecule has 1 aromatic carbocycles. The van der Waals surface area contributed by atoms with Gasteiger partial charge in [0.2, 0.25) is 0 Å². The first kappa shape index (κ1) is 13.5. The molecule has 0 amide bonds. The molecule has 0 saturated carbocycles. The molecule has 1 nitrogen and oxygen atoms in total. The van der Waals surface area contributed by atoms with Gasteiger partial charge in [-0.25, -0.2) is 0 Å². The van der Waals surface area contributed by atoms with E-state index < -0.39 is 0 Å². The van der Waals surface area contributed by atoms with Crippen LogP contribution in [0.15, 0.2) is 18.2 Å². The second-order valence-electron chi connectivity index (χ2n) is 5.59. The summed E-state index contributed by atoms with van der Waals surface area (Å²) in [5.74, 6) is 0.873. The molecule has 0 saturated heterocycles. The highest BCUT2D eigenvalue weighted by atomic mass is 14.9. The highest BCUT2D eigenvalue weighted by Crippen LogP contribution is 2.28. The van der Waals surface area contributed by atoms with Gasteiger partial charge in [0.15, 0.2) is 0 Å². The fourth-order valence-corrected chi connectivity index (χ4v) is 3.03. The molecule has 18 heavy (non-hydrogen) atoms. The third-order valence-corrected chi connectivity index (χ3v) is 4.24. The van der Waals surface area contributed by atoms with Crippen LogP contribution in [0.3, 0.4) is 0 Å². The van der Waals surface area contributed by atoms with Gasteiger partial charge < -0.3 is 5.32 Å². The van der Waals surface area contributed by atoms with Crippen LogP contribution in [0.4, 0.5) is 5.69 Å². The Morgan fingerprint density at radius 1 is 1.28 bits per heavy atom. The summed E-state index contributed by atoms with van der Waals surface area (Å²) in [5, 5.41) is 3.54. The van der Waals surface area contributed by atoms with Gasteiger partial charge in [-0.15, -0.1) is 0 Å². The van der Waals surface area contributed by atoms with Crippen molar-refractivity contribution in [3.05, 3.63) is 29.3 Å². The standard InChI is InChI=1S/C17H27N/c1-3-5-8-14(4-2)13-15-9-6-11-17-16(15)10-7-12-18-17/h6,9,11,14,18H,3-5,7-8,10,12-13H2,1-2H3. The maximum atomic E-state index is 3.54. The van der Waals surface area contributed by atoms with Crippen LogP contribution in [0.1, 0.15) is 57.1 Å². The third kappa shape index (κ3) is 3.28. The molecular formula is C17H27N. The molecular weight excluding hydrogens is 218 g/mol. The molecule has 2 rings (SSSR count). The zero-order valence-corrected chi connectivity index (χ0v) is 12.0. The van der Waals surface area contributed by atoms with E-state index in [-0.39, 0.29) is 0 Å². The fraction of sp³-hybridized carbons (Fsp3) is 0.647. The lowest BCUT2D eigenvalue weighted by atomic mass is 9.87. The quantitative estimate of drug-likeness (QED) is 0.759. The van der Waals surface area contributed by atoms with Crippen LogP contribution < -0.4 is 5.32 Å². The fourth-order valence-electron chi connectivity index (χ4n) is 3.03. The Labute approximate surface area is 112 Å². The van der Waals surface area contributed by atoms with Gasteiger partial charge in [-0.1, -0.05) is 51.7 Å². The number of hydrogen-bond acceptors (Lipinski definition) is 1. The van der Waals surface area contributed by atoms with E-state index in [9.17, 15) is 0 Å². The Kier molecular flexibility index (Phi) is 5.10. The van der Waals surface area contributed by atoms with Gasteiger partial charge in [0.05, 0.1) is 0 Å². The SMILES string of the molecule is CCCCC(CC)Cc1cccc2c1CCCN2. The number of hydrogen-bond donors (Lipinski definition) is 1. The van der Waals surface area contributed by atoms with Crippen molar-refractivity contribution in [1.29, 1.82) is 0 Å². The number of anilines is 1. The van der Waals surface area contributed by atoms with E-state index in [2.05, 4.69) is 37.4 Å². The number of fused-ring (bicyclic) bond motifs is 1. The van der Waals surface area contributed by atoms with Crippen LogP contribution in [0, 0.1) is 5.92 Å². The number of benzene rings is 1. The average molecular weight is 245 g/mol. The zero-order chi connectivity index (χ0) is 12.8. The van der Waals surface area contributed by atoms with Crippen LogP contribution in [0.25, 0.3) is 0 Å². The van der Waals surface area contributed by atoms with Crippen LogP contribution >= 0.6 is 0 Å². The number of nitrogens with one attached hydrogen (secondary N) is 1. The molecule has 0 fully saturated rings. The van der Waals surface area contributed by atoms with E-state index in [1.807, 2.05) is 0 Å². The smallest absolute Gasteiger partial charge is 0.0375 e. The van der Waals surface area contributed by atoms with E-state index in [4.69, 9.17) is 0 Å². The second-order valence-corrected chi connectivity index (χ2v) is 5.59. The number of unbranched alkanes of at least 4 members (excludes halogenated alkanes) is 1. The molecule has 0 radical (unpaired) electrons. The molecule has 1 aromatic rings. The monoisotopic (exact) mass is 245 g/mol. The highest BCUT2D eigenvalue weighted by Gasteiger charge is 2.15. The summed E-state index contributed by atoms with van der Waals surface area (Å²) < 4.78 is 0. The molecule has 0 spiro atoms. The largest absolute Gasteiger partial charge is 0.385 e. The maximum Gasteiger partial charge on any atom is 0.0375 e. The summed E-state index contributed by atoms with van der Waals surface area (Å²) in [4.78, 5) is 0. The van der Waals surface area contributed by atoms with Gasteiger partial charge in [-0.2, -0.15) is 0 Å². The van der Waals surface area contributed by atoms with Crippen LogP contribution in [0.2, 0.25) is 0 Å². The van der Waals surface area contributed by atoms with E-state index in [1.54, 1.807) is 11.1 Å². The summed E-state index contributed by atoms with van der Waals surface area (Å²) in [6.07, 6.45) is 9.25. The van der Waals surface area contributed by atoms with E-state index in [1.165, 1.54) is 50.6 Å². The normalized spacial score (nSPS) is 15.9. The van der Waals surface area contributed by atoms with Crippen molar-refractivity contribution in [1.82, 2.24) is 0 Å². The molecule has 1 aliphatic rings. The second kappa shape index (κ2) is 6.82. The van der Waals surface area contributed by atoms with Gasteiger partial charge in [0, 0.05) is 12.2 Å². The lowest BCUT2D eigenvalue weighted by Gasteiger charge is -2.23. The lowest BCUT2D eigenvalue weighted by Crippen LogP contribution is -2.15. The zero-order valence-electron chi connectivity index (χ0n) is 12.0. The van der Waals surface area contributed by atoms with Gasteiger partial charge in [0.1, 0.15) is 0 Å². The van der Waals surface area contributed by atoms with E-state index in [0.29, 0.717) is 0 Å². The van der Waals surface area contributed by atoms with Crippen molar-refractivity contribution in [3.63, 3.8) is 0 Å². The van der Waals surface area contributed by atoms with Crippen LogP contribution in [-0.4, -0.2) is 6.54 Å². The molecule has 0 bridgehead atoms. The first-order chi connectivity index (χ1) is 8.85. The number of rotatable bonds is 6. The van der Waals surface area contributed by atoms with Crippen molar-refractivity contribution in [3.8, 4) is 0 Å². The van der Waals surface area contributed by atoms with Crippen molar-refractivity contribution in [2.45, 2.75) is 58.8 Å². The van der Waals surface area contributed by atoms with Gasteiger partial charge in [-0.3, -0.25) is 0 Å². The maximum absolute atomic E-state index is 3.54. The van der Waals surface area contributed by atoms with E-state index >= 15 is 0 Å². The third-order valence-electron chi connectivity index (χ3n) is 4.24. The van der Waals surface area contributed by atoms with Crippen molar-refractivity contribution < 1.29 is 0 Å². The van der Waals surface area contributed by atoms with Gasteiger partial charge in [-0.05, 0) is 42.4 Å². The lowest BCUT2D eigenvalue weighted by molar-refractivity contribution is 0.447. The van der Waals surface area contributed by atoms with Crippen molar-refractivity contribution in [2.75, 3.05) is 11.9 Å².